The number of hydrogen-bond acceptors (Lipinski definition) is 4. The zero-order chi connectivity index (χ0) is 17.5. The summed E-state index contributed by atoms with van der Waals surface area (Å²) in [7, 11) is 0. The molecule has 0 saturated carbocycles. The van der Waals surface area contributed by atoms with Gasteiger partial charge in [-0.05, 0) is 33.1 Å². The smallest absolute Gasteiger partial charge is 0.315 e. The molecule has 1 saturated heterocycles. The van der Waals surface area contributed by atoms with E-state index in [0.717, 1.165) is 25.9 Å². The molecular formula is C17H29N3O4. The number of nitrogens with one attached hydrogen (secondary N) is 2. The highest BCUT2D eigenvalue weighted by Crippen LogP contribution is 2.18. The fourth-order valence-corrected chi connectivity index (χ4v) is 3.04. The number of nitrogens with zero attached hydrogens (tertiary/aromatic N) is 1. The summed E-state index contributed by atoms with van der Waals surface area (Å²) in [5.41, 5.74) is 0. The first-order valence-electron chi connectivity index (χ1n) is 8.79. The average molecular weight is 339 g/mol. The van der Waals surface area contributed by atoms with Crippen LogP contribution < -0.4 is 10.6 Å². The minimum absolute atomic E-state index is 0.0287. The molecule has 0 aromatic rings. The van der Waals surface area contributed by atoms with Crippen molar-refractivity contribution < 1.29 is 19.4 Å². The van der Waals surface area contributed by atoms with Gasteiger partial charge in [-0.1, -0.05) is 12.2 Å². The van der Waals surface area contributed by atoms with E-state index in [-0.39, 0.29) is 37.1 Å². The summed E-state index contributed by atoms with van der Waals surface area (Å²) in [5.74, 6) is 0.0880. The second-order valence-corrected chi connectivity index (χ2v) is 6.72. The van der Waals surface area contributed by atoms with E-state index in [0.29, 0.717) is 0 Å². The van der Waals surface area contributed by atoms with Gasteiger partial charge in [0, 0.05) is 19.1 Å². The number of urea groups is 1. The van der Waals surface area contributed by atoms with Crippen LogP contribution >= 0.6 is 0 Å². The number of hydrogen-bond donors (Lipinski definition) is 3. The highest BCUT2D eigenvalue weighted by atomic mass is 16.5. The predicted octanol–water partition coefficient (Wildman–Crippen LogP) is 0.781. The van der Waals surface area contributed by atoms with Crippen molar-refractivity contribution in [1.82, 2.24) is 15.5 Å². The van der Waals surface area contributed by atoms with Crippen LogP contribution in [0.5, 0.6) is 0 Å². The molecule has 0 aliphatic carbocycles. The molecule has 24 heavy (non-hydrogen) atoms. The van der Waals surface area contributed by atoms with Crippen LogP contribution in [0.3, 0.4) is 0 Å². The Morgan fingerprint density at radius 3 is 2.58 bits per heavy atom. The molecule has 2 aliphatic heterocycles. The van der Waals surface area contributed by atoms with E-state index in [9.17, 15) is 14.7 Å². The summed E-state index contributed by atoms with van der Waals surface area (Å²) in [6.07, 6.45) is 6.27. The van der Waals surface area contributed by atoms with Gasteiger partial charge in [-0.15, -0.1) is 0 Å². The minimum atomic E-state index is -0.549. The van der Waals surface area contributed by atoms with Gasteiger partial charge in [-0.25, -0.2) is 4.79 Å². The molecule has 0 aromatic heterocycles. The topological polar surface area (TPSA) is 90.9 Å². The fourth-order valence-electron chi connectivity index (χ4n) is 3.04. The largest absolute Gasteiger partial charge is 0.394 e. The Hall–Kier alpha value is -1.60. The molecule has 2 heterocycles. The summed E-state index contributed by atoms with van der Waals surface area (Å²) in [5, 5.41) is 15.0. The van der Waals surface area contributed by atoms with Crippen LogP contribution in [-0.2, 0) is 9.53 Å². The van der Waals surface area contributed by atoms with Crippen molar-refractivity contribution in [3.8, 4) is 0 Å². The van der Waals surface area contributed by atoms with Gasteiger partial charge < -0.3 is 25.4 Å². The van der Waals surface area contributed by atoms with Gasteiger partial charge in [-0.2, -0.15) is 0 Å². The number of aliphatic hydroxyl groups is 1. The Kier molecular flexibility index (Phi) is 7.05. The molecule has 3 atom stereocenters. The Bertz CT molecular complexity index is 461. The van der Waals surface area contributed by atoms with Crippen LogP contribution in [-0.4, -0.2) is 65.9 Å². The van der Waals surface area contributed by atoms with Crippen molar-refractivity contribution in [3.63, 3.8) is 0 Å². The first-order valence-corrected chi connectivity index (χ1v) is 8.79. The lowest BCUT2D eigenvalue weighted by Crippen LogP contribution is -2.52. The molecule has 2 rings (SSSR count). The van der Waals surface area contributed by atoms with Gasteiger partial charge in [0.1, 0.15) is 6.10 Å². The maximum atomic E-state index is 12.3. The predicted molar refractivity (Wildman–Crippen MR) is 90.5 cm³/mol. The Balaban J connectivity index is 1.87. The molecule has 0 unspecified atom stereocenters. The van der Waals surface area contributed by atoms with E-state index in [2.05, 4.69) is 10.6 Å². The van der Waals surface area contributed by atoms with E-state index in [4.69, 9.17) is 4.74 Å². The number of ether oxygens (including phenoxy) is 1. The van der Waals surface area contributed by atoms with Gasteiger partial charge in [0.25, 0.3) is 0 Å². The second-order valence-electron chi connectivity index (χ2n) is 6.72. The third-order valence-electron chi connectivity index (χ3n) is 4.27. The normalized spacial score (nSPS) is 27.2. The van der Waals surface area contributed by atoms with E-state index in [1.807, 2.05) is 18.7 Å². The van der Waals surface area contributed by atoms with Crippen LogP contribution in [0.25, 0.3) is 0 Å². The van der Waals surface area contributed by atoms with E-state index in [1.165, 1.54) is 6.42 Å². The molecule has 2 aliphatic rings. The van der Waals surface area contributed by atoms with Crippen molar-refractivity contribution in [2.75, 3.05) is 19.7 Å². The summed E-state index contributed by atoms with van der Waals surface area (Å²) < 4.78 is 5.79. The maximum Gasteiger partial charge on any atom is 0.315 e. The summed E-state index contributed by atoms with van der Waals surface area (Å²) >= 11 is 0. The lowest BCUT2D eigenvalue weighted by Gasteiger charge is -2.33. The van der Waals surface area contributed by atoms with Crippen LogP contribution in [0.2, 0.25) is 0 Å². The van der Waals surface area contributed by atoms with Crippen LogP contribution in [0.1, 0.15) is 39.5 Å². The zero-order valence-electron chi connectivity index (χ0n) is 14.5. The van der Waals surface area contributed by atoms with Crippen molar-refractivity contribution in [2.45, 2.75) is 63.8 Å². The monoisotopic (exact) mass is 339 g/mol. The highest BCUT2D eigenvalue weighted by molar-refractivity contribution is 5.77. The zero-order valence-corrected chi connectivity index (χ0v) is 14.5. The number of rotatable bonds is 5. The van der Waals surface area contributed by atoms with Gasteiger partial charge in [0.2, 0.25) is 5.91 Å². The molecule has 0 radical (unpaired) electrons. The summed E-state index contributed by atoms with van der Waals surface area (Å²) in [4.78, 5) is 26.0. The van der Waals surface area contributed by atoms with Crippen molar-refractivity contribution >= 4 is 11.9 Å². The van der Waals surface area contributed by atoms with Crippen LogP contribution in [0.15, 0.2) is 12.2 Å². The lowest BCUT2D eigenvalue weighted by atomic mass is 10.0. The molecule has 0 spiro atoms. The maximum absolute atomic E-state index is 12.3. The van der Waals surface area contributed by atoms with Crippen molar-refractivity contribution in [3.05, 3.63) is 12.2 Å². The fraction of sp³-hybridized carbons (Fsp3) is 0.765. The Labute approximate surface area is 143 Å². The molecule has 3 amide bonds. The van der Waals surface area contributed by atoms with Gasteiger partial charge in [0.15, 0.2) is 0 Å². The number of carbonyl (C=O) groups excluding carboxylic acids is 2. The molecular weight excluding hydrogens is 310 g/mol. The van der Waals surface area contributed by atoms with Gasteiger partial charge >= 0.3 is 6.03 Å². The standard InChI is InChI=1S/C17H29N3O4/c1-12(2)18-17(23)19-14-7-6-13(24-15(14)11-21)10-16(22)20-8-4-3-5-9-20/h6-7,12-15,21H,3-5,8-11H2,1-2H3,(H2,18,19,23)/t13-,14+,15+/m1/s1. The van der Waals surface area contributed by atoms with E-state index < -0.39 is 12.1 Å². The Morgan fingerprint density at radius 1 is 1.25 bits per heavy atom. The molecule has 136 valence electrons. The number of likely N-dealkylation sites (tertiary alicyclic amines) is 1. The third-order valence-corrected chi connectivity index (χ3v) is 4.27. The van der Waals surface area contributed by atoms with Crippen LogP contribution in [0.4, 0.5) is 4.79 Å². The first kappa shape index (κ1) is 18.7. The molecule has 7 heteroatoms. The first-order chi connectivity index (χ1) is 11.5. The van der Waals surface area contributed by atoms with Crippen molar-refractivity contribution in [1.29, 1.82) is 0 Å². The molecule has 3 N–H and O–H groups in total. The quantitative estimate of drug-likeness (QED) is 0.646. The summed E-state index contributed by atoms with van der Waals surface area (Å²) in [6, 6.07) is -0.680. The van der Waals surface area contributed by atoms with Crippen molar-refractivity contribution in [2.24, 2.45) is 0 Å². The number of carbonyl (C=O) groups is 2. The number of piperidine rings is 1. The highest BCUT2D eigenvalue weighted by Gasteiger charge is 2.30. The number of aliphatic hydroxyl groups excluding tert-OH is 1. The molecule has 0 aromatic carbocycles. The minimum Gasteiger partial charge on any atom is -0.394 e. The van der Waals surface area contributed by atoms with E-state index >= 15 is 0 Å². The molecule has 1 fully saturated rings. The Morgan fingerprint density at radius 2 is 1.96 bits per heavy atom. The van der Waals surface area contributed by atoms with Gasteiger partial charge in [0.05, 0.1) is 25.2 Å². The van der Waals surface area contributed by atoms with Gasteiger partial charge in [-0.3, -0.25) is 4.79 Å². The van der Waals surface area contributed by atoms with E-state index in [1.54, 1.807) is 12.2 Å². The second kappa shape index (κ2) is 9.03. The lowest BCUT2D eigenvalue weighted by molar-refractivity contribution is -0.136. The third kappa shape index (κ3) is 5.49. The average Bonchev–Trinajstić information content (AvgIpc) is 2.56. The van der Waals surface area contributed by atoms with Crippen LogP contribution in [0, 0.1) is 0 Å². The molecule has 0 bridgehead atoms. The molecule has 7 nitrogen and oxygen atoms in total. The number of amides is 3. The summed E-state index contributed by atoms with van der Waals surface area (Å²) in [6.45, 7) is 5.17. The SMILES string of the molecule is CC(C)NC(=O)N[C@H]1C=C[C@H](CC(=O)N2CCCCC2)O[C@H]1CO.